The van der Waals surface area contributed by atoms with Crippen LogP contribution in [0.25, 0.3) is 0 Å². The van der Waals surface area contributed by atoms with Gasteiger partial charge < -0.3 is 5.32 Å². The first-order chi connectivity index (χ1) is 11.3. The molecule has 0 atom stereocenters. The number of hydrogen-bond donors (Lipinski definition) is 1. The molecule has 5 nitrogen and oxygen atoms in total. The maximum absolute atomic E-state index is 12.0. The Bertz CT molecular complexity index is 609. The molecule has 0 radical (unpaired) electrons. The monoisotopic (exact) mass is 310 g/mol. The minimum absolute atomic E-state index is 0.000194. The molecule has 2 aromatic rings. The van der Waals surface area contributed by atoms with Crippen LogP contribution in [0.3, 0.4) is 0 Å². The predicted molar refractivity (Wildman–Crippen MR) is 91.0 cm³/mol. The first-order valence-electron chi connectivity index (χ1n) is 7.99. The molecule has 23 heavy (non-hydrogen) atoms. The molecule has 5 heteroatoms. The zero-order valence-electron chi connectivity index (χ0n) is 13.2. The molecule has 1 saturated heterocycles. The van der Waals surface area contributed by atoms with Crippen molar-refractivity contribution in [3.8, 4) is 0 Å². The summed E-state index contributed by atoms with van der Waals surface area (Å²) in [7, 11) is 0. The lowest BCUT2D eigenvalue weighted by Gasteiger charge is -2.34. The van der Waals surface area contributed by atoms with Crippen molar-refractivity contribution in [1.29, 1.82) is 0 Å². The third kappa shape index (κ3) is 4.87. The van der Waals surface area contributed by atoms with E-state index in [1.807, 2.05) is 18.2 Å². The molecule has 0 aliphatic carbocycles. The van der Waals surface area contributed by atoms with Gasteiger partial charge in [-0.1, -0.05) is 36.4 Å². The summed E-state index contributed by atoms with van der Waals surface area (Å²) in [6.07, 6.45) is 1.68. The number of aromatic nitrogens is 1. The molecular formula is C18H22N4O. The summed E-state index contributed by atoms with van der Waals surface area (Å²) in [6, 6.07) is 16.0. The second-order valence-corrected chi connectivity index (χ2v) is 5.80. The largest absolute Gasteiger partial charge is 0.310 e. The number of amides is 1. The fraction of sp³-hybridized carbons (Fsp3) is 0.333. The van der Waals surface area contributed by atoms with Crippen LogP contribution in [0.4, 0.5) is 5.82 Å². The molecule has 1 fully saturated rings. The number of anilines is 1. The molecule has 1 aliphatic rings. The van der Waals surface area contributed by atoms with Crippen molar-refractivity contribution < 1.29 is 4.79 Å². The first-order valence-corrected chi connectivity index (χ1v) is 7.99. The van der Waals surface area contributed by atoms with Crippen molar-refractivity contribution >= 4 is 11.7 Å². The first kappa shape index (κ1) is 15.6. The van der Waals surface area contributed by atoms with Crippen LogP contribution < -0.4 is 5.32 Å². The highest BCUT2D eigenvalue weighted by Crippen LogP contribution is 2.08. The van der Waals surface area contributed by atoms with Gasteiger partial charge in [-0.05, 0) is 17.7 Å². The second kappa shape index (κ2) is 7.85. The van der Waals surface area contributed by atoms with Crippen LogP contribution in [0.15, 0.2) is 54.7 Å². The van der Waals surface area contributed by atoms with Crippen molar-refractivity contribution in [2.75, 3.05) is 38.0 Å². The van der Waals surface area contributed by atoms with Gasteiger partial charge in [0, 0.05) is 38.9 Å². The van der Waals surface area contributed by atoms with Gasteiger partial charge in [-0.25, -0.2) is 4.98 Å². The van der Waals surface area contributed by atoms with E-state index in [9.17, 15) is 4.79 Å². The summed E-state index contributed by atoms with van der Waals surface area (Å²) >= 11 is 0. The number of nitrogens with one attached hydrogen (secondary N) is 1. The third-order valence-electron chi connectivity index (χ3n) is 4.01. The van der Waals surface area contributed by atoms with Crippen molar-refractivity contribution in [2.45, 2.75) is 6.54 Å². The Morgan fingerprint density at radius 1 is 0.957 bits per heavy atom. The lowest BCUT2D eigenvalue weighted by Crippen LogP contribution is -2.48. The summed E-state index contributed by atoms with van der Waals surface area (Å²) in [5.74, 6) is 0.612. The molecule has 1 aromatic heterocycles. The number of benzene rings is 1. The normalized spacial score (nSPS) is 16.2. The Kier molecular flexibility index (Phi) is 5.34. The quantitative estimate of drug-likeness (QED) is 0.915. The van der Waals surface area contributed by atoms with E-state index in [1.165, 1.54) is 5.56 Å². The Morgan fingerprint density at radius 3 is 2.35 bits per heavy atom. The van der Waals surface area contributed by atoms with Crippen molar-refractivity contribution in [3.05, 3.63) is 60.3 Å². The summed E-state index contributed by atoms with van der Waals surface area (Å²) in [6.45, 7) is 5.23. The molecule has 3 rings (SSSR count). The highest BCUT2D eigenvalue weighted by molar-refractivity contribution is 5.91. The molecule has 1 amide bonds. The van der Waals surface area contributed by atoms with Gasteiger partial charge in [0.25, 0.3) is 0 Å². The number of nitrogens with zero attached hydrogens (tertiary/aromatic N) is 3. The van der Waals surface area contributed by atoms with Crippen molar-refractivity contribution in [1.82, 2.24) is 14.8 Å². The van der Waals surface area contributed by atoms with Gasteiger partial charge >= 0.3 is 0 Å². The molecule has 1 N–H and O–H groups in total. The Hall–Kier alpha value is -2.24. The van der Waals surface area contributed by atoms with E-state index in [0.29, 0.717) is 12.4 Å². The lowest BCUT2D eigenvalue weighted by atomic mass is 10.2. The van der Waals surface area contributed by atoms with Gasteiger partial charge in [0.05, 0.1) is 6.54 Å². The van der Waals surface area contributed by atoms with E-state index in [0.717, 1.165) is 32.7 Å². The zero-order valence-corrected chi connectivity index (χ0v) is 13.2. The maximum atomic E-state index is 12.0. The van der Waals surface area contributed by atoms with E-state index in [-0.39, 0.29) is 5.91 Å². The van der Waals surface area contributed by atoms with Gasteiger partial charge in [-0.3, -0.25) is 14.6 Å². The van der Waals surface area contributed by atoms with E-state index >= 15 is 0 Å². The highest BCUT2D eigenvalue weighted by atomic mass is 16.2. The number of rotatable bonds is 5. The fourth-order valence-electron chi connectivity index (χ4n) is 2.77. The van der Waals surface area contributed by atoms with Crippen LogP contribution in [-0.4, -0.2) is 53.4 Å². The zero-order chi connectivity index (χ0) is 15.9. The van der Waals surface area contributed by atoms with E-state index in [2.05, 4.69) is 44.4 Å². The highest BCUT2D eigenvalue weighted by Gasteiger charge is 2.19. The fourth-order valence-corrected chi connectivity index (χ4v) is 2.77. The van der Waals surface area contributed by atoms with Crippen molar-refractivity contribution in [2.24, 2.45) is 0 Å². The molecule has 1 aliphatic heterocycles. The van der Waals surface area contributed by atoms with E-state index in [4.69, 9.17) is 0 Å². The minimum atomic E-state index is 0.000194. The van der Waals surface area contributed by atoms with Crippen LogP contribution >= 0.6 is 0 Å². The molecule has 1 aromatic carbocycles. The Labute approximate surface area is 136 Å². The summed E-state index contributed by atoms with van der Waals surface area (Å²) in [4.78, 5) is 20.8. The standard InChI is InChI=1S/C18H22N4O/c23-18(20-17-8-4-5-9-19-17)15-22-12-10-21(11-13-22)14-16-6-2-1-3-7-16/h1-9H,10-15H2,(H,19,20,23). The molecule has 0 spiro atoms. The molecular weight excluding hydrogens is 288 g/mol. The topological polar surface area (TPSA) is 48.5 Å². The molecule has 120 valence electrons. The van der Waals surface area contributed by atoms with E-state index in [1.54, 1.807) is 12.3 Å². The van der Waals surface area contributed by atoms with Crippen molar-refractivity contribution in [3.63, 3.8) is 0 Å². The lowest BCUT2D eigenvalue weighted by molar-refractivity contribution is -0.117. The summed E-state index contributed by atoms with van der Waals surface area (Å²) < 4.78 is 0. The molecule has 0 saturated carbocycles. The van der Waals surface area contributed by atoms with Crippen LogP contribution in [0.2, 0.25) is 0 Å². The number of carbonyl (C=O) groups excluding carboxylic acids is 1. The number of pyridine rings is 1. The van der Waals surface area contributed by atoms with E-state index < -0.39 is 0 Å². The Morgan fingerprint density at radius 2 is 1.65 bits per heavy atom. The molecule has 2 heterocycles. The smallest absolute Gasteiger partial charge is 0.239 e. The molecule has 0 unspecified atom stereocenters. The van der Waals surface area contributed by atoms with Gasteiger partial charge in [0.2, 0.25) is 5.91 Å². The Balaban J connectivity index is 1.41. The third-order valence-corrected chi connectivity index (χ3v) is 4.01. The van der Waals surface area contributed by atoms with Crippen LogP contribution in [0, 0.1) is 0 Å². The van der Waals surface area contributed by atoms with Gasteiger partial charge in [-0.15, -0.1) is 0 Å². The van der Waals surface area contributed by atoms with Gasteiger partial charge in [-0.2, -0.15) is 0 Å². The number of piperazine rings is 1. The SMILES string of the molecule is O=C(CN1CCN(Cc2ccccc2)CC1)Nc1ccccn1. The molecule has 0 bridgehead atoms. The van der Waals surface area contributed by atoms with Gasteiger partial charge in [0.1, 0.15) is 5.82 Å². The van der Waals surface area contributed by atoms with Crippen LogP contribution in [0.1, 0.15) is 5.56 Å². The average molecular weight is 310 g/mol. The average Bonchev–Trinajstić information content (AvgIpc) is 2.58. The van der Waals surface area contributed by atoms with Gasteiger partial charge in [0.15, 0.2) is 0 Å². The predicted octanol–water partition coefficient (Wildman–Crippen LogP) is 1.84. The summed E-state index contributed by atoms with van der Waals surface area (Å²) in [5, 5.41) is 2.83. The summed E-state index contributed by atoms with van der Waals surface area (Å²) in [5.41, 5.74) is 1.34. The minimum Gasteiger partial charge on any atom is -0.310 e. The number of hydrogen-bond acceptors (Lipinski definition) is 4. The van der Waals surface area contributed by atoms with Crippen LogP contribution in [0.5, 0.6) is 0 Å². The van der Waals surface area contributed by atoms with Crippen LogP contribution in [-0.2, 0) is 11.3 Å². The second-order valence-electron chi connectivity index (χ2n) is 5.80. The number of carbonyl (C=O) groups is 1. The maximum Gasteiger partial charge on any atom is 0.239 e.